The molecule has 3 heterocycles. The summed E-state index contributed by atoms with van der Waals surface area (Å²) >= 11 is 0. The van der Waals surface area contributed by atoms with Crippen LogP contribution < -0.4 is 15.4 Å². The van der Waals surface area contributed by atoms with Gasteiger partial charge in [0.1, 0.15) is 0 Å². The molecule has 5 rings (SSSR count). The zero-order valence-corrected chi connectivity index (χ0v) is 23.0. The number of rotatable bonds is 6. The Bertz CT molecular complexity index is 1580. The molecule has 0 fully saturated rings. The van der Waals surface area contributed by atoms with Gasteiger partial charge in [0.25, 0.3) is 11.5 Å². The fourth-order valence-electron chi connectivity index (χ4n) is 5.16. The second kappa shape index (κ2) is 10.1. The van der Waals surface area contributed by atoms with E-state index in [1.54, 1.807) is 35.4 Å². The molecule has 4 aromatic rings. The van der Waals surface area contributed by atoms with Gasteiger partial charge in [-0.1, -0.05) is 45.0 Å². The van der Waals surface area contributed by atoms with Crippen molar-refractivity contribution < 1.29 is 9.90 Å². The van der Waals surface area contributed by atoms with Crippen molar-refractivity contribution in [2.45, 2.75) is 46.1 Å². The van der Waals surface area contributed by atoms with Crippen molar-refractivity contribution in [3.63, 3.8) is 0 Å². The van der Waals surface area contributed by atoms with Gasteiger partial charge in [-0.25, -0.2) is 4.98 Å². The number of nitrogens with one attached hydrogen (secondary N) is 1. The van der Waals surface area contributed by atoms with E-state index in [0.717, 1.165) is 17.7 Å². The van der Waals surface area contributed by atoms with Crippen molar-refractivity contribution >= 4 is 23.1 Å². The van der Waals surface area contributed by atoms with Crippen LogP contribution in [-0.4, -0.2) is 43.9 Å². The molecule has 0 atom stereocenters. The first-order chi connectivity index (χ1) is 18.6. The molecule has 202 valence electrons. The van der Waals surface area contributed by atoms with Crippen LogP contribution in [0.2, 0.25) is 0 Å². The van der Waals surface area contributed by atoms with Gasteiger partial charge in [0, 0.05) is 49.2 Å². The molecule has 0 saturated carbocycles. The van der Waals surface area contributed by atoms with Crippen molar-refractivity contribution in [3.8, 4) is 11.3 Å². The van der Waals surface area contributed by atoms with Gasteiger partial charge in [0.05, 0.1) is 29.9 Å². The Morgan fingerprint density at radius 3 is 2.59 bits per heavy atom. The molecule has 0 bridgehead atoms. The first kappa shape index (κ1) is 26.4. The smallest absolute Gasteiger partial charge is 0.293 e. The van der Waals surface area contributed by atoms with Crippen LogP contribution >= 0.6 is 0 Å². The van der Waals surface area contributed by atoms with Gasteiger partial charge in [-0.2, -0.15) is 5.10 Å². The highest BCUT2D eigenvalue weighted by Crippen LogP contribution is 2.35. The van der Waals surface area contributed by atoms with Gasteiger partial charge >= 0.3 is 0 Å². The number of aliphatic hydroxyl groups excluding tert-OH is 1. The molecule has 0 spiro atoms. The highest BCUT2D eigenvalue weighted by molar-refractivity contribution is 6.09. The van der Waals surface area contributed by atoms with Crippen LogP contribution in [0.3, 0.4) is 0 Å². The lowest BCUT2D eigenvalue weighted by atomic mass is 9.84. The SMILES string of the molecule is CCN(c1cn[nH]c1)c1nc(-c2cccc(N3CCc4cc(C(C)(C)C)ccc4C3=O)c2CO)cn(C)c1=O. The number of H-pyrrole nitrogens is 1. The van der Waals surface area contributed by atoms with E-state index in [-0.39, 0.29) is 29.3 Å². The van der Waals surface area contributed by atoms with Crippen molar-refractivity contribution in [2.24, 2.45) is 7.05 Å². The molecule has 2 N–H and O–H groups in total. The molecule has 0 radical (unpaired) electrons. The van der Waals surface area contributed by atoms with E-state index in [1.807, 2.05) is 37.3 Å². The number of hydrogen-bond donors (Lipinski definition) is 2. The lowest BCUT2D eigenvalue weighted by Gasteiger charge is -2.32. The fraction of sp³-hybridized carbons (Fsp3) is 0.333. The summed E-state index contributed by atoms with van der Waals surface area (Å²) in [6.45, 7) is 9.16. The Kier molecular flexibility index (Phi) is 6.86. The molecule has 0 aliphatic carbocycles. The minimum absolute atomic E-state index is 0.000202. The maximum absolute atomic E-state index is 13.7. The number of aromatic amines is 1. The summed E-state index contributed by atoms with van der Waals surface area (Å²) < 4.78 is 1.49. The minimum atomic E-state index is -0.288. The van der Waals surface area contributed by atoms with Crippen LogP contribution in [0, 0.1) is 0 Å². The fourth-order valence-corrected chi connectivity index (χ4v) is 5.16. The molecule has 1 amide bonds. The Morgan fingerprint density at radius 1 is 1.13 bits per heavy atom. The van der Waals surface area contributed by atoms with E-state index < -0.39 is 0 Å². The Labute approximate surface area is 227 Å². The van der Waals surface area contributed by atoms with Crippen LogP contribution in [0.5, 0.6) is 0 Å². The molecule has 0 unspecified atom stereocenters. The van der Waals surface area contributed by atoms with E-state index in [4.69, 9.17) is 4.98 Å². The predicted octanol–water partition coefficient (Wildman–Crippen LogP) is 4.32. The number of benzene rings is 2. The van der Waals surface area contributed by atoms with Gasteiger partial charge in [-0.15, -0.1) is 0 Å². The third-order valence-corrected chi connectivity index (χ3v) is 7.35. The zero-order chi connectivity index (χ0) is 27.9. The molecule has 2 aromatic carbocycles. The van der Waals surface area contributed by atoms with Gasteiger partial charge in [-0.3, -0.25) is 14.7 Å². The number of aliphatic hydroxyl groups is 1. The number of fused-ring (bicyclic) bond motifs is 1. The minimum Gasteiger partial charge on any atom is -0.392 e. The molecular formula is C30H34N6O3. The first-order valence-electron chi connectivity index (χ1n) is 13.2. The average molecular weight is 527 g/mol. The summed E-state index contributed by atoms with van der Waals surface area (Å²) in [5.41, 5.74) is 5.83. The lowest BCUT2D eigenvalue weighted by molar-refractivity contribution is 0.0980. The maximum Gasteiger partial charge on any atom is 0.293 e. The number of carbonyl (C=O) groups excluding carboxylic acids is 1. The number of aromatic nitrogens is 4. The van der Waals surface area contributed by atoms with E-state index in [0.29, 0.717) is 41.2 Å². The number of hydrogen-bond acceptors (Lipinski definition) is 6. The normalized spacial score (nSPS) is 13.5. The van der Waals surface area contributed by atoms with Crippen LogP contribution in [0.1, 0.15) is 54.7 Å². The molecule has 1 aliphatic heterocycles. The van der Waals surface area contributed by atoms with Crippen molar-refractivity contribution in [2.75, 3.05) is 22.9 Å². The quantitative estimate of drug-likeness (QED) is 0.388. The summed E-state index contributed by atoms with van der Waals surface area (Å²) in [5.74, 6) is 0.167. The van der Waals surface area contributed by atoms with Crippen LogP contribution in [-0.2, 0) is 25.5 Å². The number of amides is 1. The Hall–Kier alpha value is -4.24. The second-order valence-corrected chi connectivity index (χ2v) is 10.9. The lowest BCUT2D eigenvalue weighted by Crippen LogP contribution is -2.38. The predicted molar refractivity (Wildman–Crippen MR) is 153 cm³/mol. The van der Waals surface area contributed by atoms with Crippen LogP contribution in [0.25, 0.3) is 11.3 Å². The Morgan fingerprint density at radius 2 is 1.92 bits per heavy atom. The summed E-state index contributed by atoms with van der Waals surface area (Å²) in [6, 6.07) is 11.7. The molecule has 39 heavy (non-hydrogen) atoms. The monoisotopic (exact) mass is 526 g/mol. The van der Waals surface area contributed by atoms with Gasteiger partial charge in [-0.05, 0) is 42.0 Å². The third-order valence-electron chi connectivity index (χ3n) is 7.35. The second-order valence-electron chi connectivity index (χ2n) is 10.9. The molecule has 1 aliphatic rings. The van der Waals surface area contributed by atoms with Gasteiger partial charge in [0.15, 0.2) is 0 Å². The largest absolute Gasteiger partial charge is 0.392 e. The number of nitrogens with zero attached hydrogens (tertiary/aromatic N) is 5. The van der Waals surface area contributed by atoms with E-state index in [9.17, 15) is 14.7 Å². The summed E-state index contributed by atoms with van der Waals surface area (Å²) in [6.07, 6.45) is 5.73. The standard InChI is InChI=1S/C30H34N6O3/c1-6-35(21-15-31-32-16-21)27-29(39)34(5)17-25(33-27)23-8-7-9-26(24(23)18-37)36-13-12-19-14-20(30(2,3)4)10-11-22(19)28(36)38/h7-11,14-17,37H,6,12-13,18H2,1-5H3,(H,31,32). The van der Waals surface area contributed by atoms with E-state index in [2.05, 4.69) is 37.0 Å². The number of anilines is 3. The topological polar surface area (TPSA) is 107 Å². The summed E-state index contributed by atoms with van der Waals surface area (Å²) in [4.78, 5) is 35.0. The molecule has 2 aromatic heterocycles. The van der Waals surface area contributed by atoms with Gasteiger partial charge in [0.2, 0.25) is 5.82 Å². The van der Waals surface area contributed by atoms with Crippen molar-refractivity contribution in [1.82, 2.24) is 19.7 Å². The molecule has 9 nitrogen and oxygen atoms in total. The highest BCUT2D eigenvalue weighted by atomic mass is 16.3. The van der Waals surface area contributed by atoms with Crippen LogP contribution in [0.15, 0.2) is 59.8 Å². The number of aryl methyl sites for hydroxylation is 1. The molecule has 0 saturated heterocycles. The highest BCUT2D eigenvalue weighted by Gasteiger charge is 2.29. The Balaban J connectivity index is 1.57. The summed E-state index contributed by atoms with van der Waals surface area (Å²) in [5, 5.41) is 17.3. The first-order valence-corrected chi connectivity index (χ1v) is 13.2. The van der Waals surface area contributed by atoms with E-state index in [1.165, 1.54) is 10.1 Å². The summed E-state index contributed by atoms with van der Waals surface area (Å²) in [7, 11) is 1.68. The molecular weight excluding hydrogens is 492 g/mol. The molecule has 9 heteroatoms. The van der Waals surface area contributed by atoms with Crippen LogP contribution in [0.4, 0.5) is 17.2 Å². The van der Waals surface area contributed by atoms with Crippen molar-refractivity contribution in [3.05, 3.63) is 87.6 Å². The average Bonchev–Trinajstić information content (AvgIpc) is 3.45. The van der Waals surface area contributed by atoms with Crippen molar-refractivity contribution in [1.29, 1.82) is 0 Å². The zero-order valence-electron chi connectivity index (χ0n) is 23.0. The maximum atomic E-state index is 13.7. The number of carbonyl (C=O) groups is 1. The van der Waals surface area contributed by atoms with Gasteiger partial charge < -0.3 is 19.5 Å². The third kappa shape index (κ3) is 4.74. The van der Waals surface area contributed by atoms with E-state index >= 15 is 0 Å².